The van der Waals surface area contributed by atoms with Crippen LogP contribution in [0.2, 0.25) is 0 Å². The van der Waals surface area contributed by atoms with Crippen LogP contribution in [0.25, 0.3) is 0 Å². The summed E-state index contributed by atoms with van der Waals surface area (Å²) in [6.07, 6.45) is 0. The third kappa shape index (κ3) is 4.43. The molecular formula is C6H13ClFN. The van der Waals surface area contributed by atoms with Crippen molar-refractivity contribution in [3.8, 4) is 0 Å². The Hall–Kier alpha value is -0.0800. The minimum atomic E-state index is -0.444. The molecule has 0 aliphatic rings. The Kier molecular flexibility index (Phi) is 6.19. The van der Waals surface area contributed by atoms with Crippen molar-refractivity contribution in [1.29, 1.82) is 0 Å². The molecule has 0 radical (unpaired) electrons. The van der Waals surface area contributed by atoms with Crippen molar-refractivity contribution >= 4 is 12.4 Å². The Bertz CT molecular complexity index is 106. The van der Waals surface area contributed by atoms with Gasteiger partial charge in [0.15, 0.2) is 0 Å². The molecule has 0 saturated heterocycles. The number of hydrogen-bond acceptors (Lipinski definition) is 1. The van der Waals surface area contributed by atoms with E-state index in [2.05, 4.69) is 0 Å². The maximum atomic E-state index is 12.4. The van der Waals surface area contributed by atoms with Crippen LogP contribution in [0.1, 0.15) is 20.8 Å². The van der Waals surface area contributed by atoms with Crippen molar-refractivity contribution in [2.24, 2.45) is 5.73 Å². The van der Waals surface area contributed by atoms with E-state index in [9.17, 15) is 4.39 Å². The molecule has 0 aliphatic carbocycles. The fourth-order valence-electron chi connectivity index (χ4n) is 0.455. The van der Waals surface area contributed by atoms with Crippen molar-refractivity contribution in [1.82, 2.24) is 0 Å². The maximum absolute atomic E-state index is 12.4. The number of hydrogen-bond donors (Lipinski definition) is 1. The lowest BCUT2D eigenvalue weighted by Gasteiger charge is -2.01. The summed E-state index contributed by atoms with van der Waals surface area (Å²) in [5, 5.41) is 0. The third-order valence-electron chi connectivity index (χ3n) is 0.877. The first-order valence-electron chi connectivity index (χ1n) is 2.64. The molecule has 1 unspecified atom stereocenters. The van der Waals surface area contributed by atoms with Crippen molar-refractivity contribution in [2.75, 3.05) is 0 Å². The van der Waals surface area contributed by atoms with E-state index in [1.54, 1.807) is 20.8 Å². The van der Waals surface area contributed by atoms with Gasteiger partial charge in [-0.25, -0.2) is 4.39 Å². The zero-order valence-electron chi connectivity index (χ0n) is 5.94. The smallest absolute Gasteiger partial charge is 0.115 e. The molecular weight excluding hydrogens is 141 g/mol. The highest BCUT2D eigenvalue weighted by Gasteiger charge is 2.01. The SMILES string of the molecule is CC(C)=C(F)C(C)N.Cl. The van der Waals surface area contributed by atoms with E-state index in [4.69, 9.17) is 5.73 Å². The summed E-state index contributed by atoms with van der Waals surface area (Å²) in [6.45, 7) is 5.04. The van der Waals surface area contributed by atoms with Gasteiger partial charge in [-0.15, -0.1) is 12.4 Å². The minimum absolute atomic E-state index is 0. The lowest BCUT2D eigenvalue weighted by molar-refractivity contribution is 0.549. The lowest BCUT2D eigenvalue weighted by Crippen LogP contribution is -2.15. The number of halogens is 2. The molecule has 0 amide bonds. The first-order chi connectivity index (χ1) is 3.55. The molecule has 0 bridgehead atoms. The molecule has 1 atom stereocenters. The van der Waals surface area contributed by atoms with Crippen LogP contribution in [0.5, 0.6) is 0 Å². The third-order valence-corrected chi connectivity index (χ3v) is 0.877. The second-order valence-corrected chi connectivity index (χ2v) is 2.14. The van der Waals surface area contributed by atoms with Gasteiger partial charge < -0.3 is 5.73 Å². The van der Waals surface area contributed by atoms with Gasteiger partial charge in [0, 0.05) is 0 Å². The van der Waals surface area contributed by atoms with Gasteiger partial charge in [0.1, 0.15) is 5.83 Å². The molecule has 2 N–H and O–H groups in total. The van der Waals surface area contributed by atoms with Gasteiger partial charge in [0.05, 0.1) is 6.04 Å². The first kappa shape index (κ1) is 11.7. The van der Waals surface area contributed by atoms with Crippen LogP contribution < -0.4 is 5.73 Å². The van der Waals surface area contributed by atoms with Crippen LogP contribution in [0, 0.1) is 0 Å². The zero-order valence-corrected chi connectivity index (χ0v) is 6.76. The molecule has 0 spiro atoms. The van der Waals surface area contributed by atoms with E-state index in [1.807, 2.05) is 0 Å². The predicted molar refractivity (Wildman–Crippen MR) is 40.4 cm³/mol. The molecule has 0 aromatic rings. The van der Waals surface area contributed by atoms with Gasteiger partial charge in [-0.05, 0) is 26.3 Å². The Morgan fingerprint density at radius 2 is 1.78 bits per heavy atom. The normalized spacial score (nSPS) is 11.7. The molecule has 1 nitrogen and oxygen atoms in total. The van der Waals surface area contributed by atoms with Crippen LogP contribution >= 0.6 is 12.4 Å². The summed E-state index contributed by atoms with van der Waals surface area (Å²) in [5.41, 5.74) is 5.87. The molecule has 0 heterocycles. The Balaban J connectivity index is 0. The second kappa shape index (κ2) is 4.77. The molecule has 0 aromatic carbocycles. The predicted octanol–water partition coefficient (Wildman–Crippen LogP) is 2.02. The molecule has 0 aliphatic heterocycles. The van der Waals surface area contributed by atoms with Crippen molar-refractivity contribution in [3.63, 3.8) is 0 Å². The highest BCUT2D eigenvalue weighted by molar-refractivity contribution is 5.85. The second-order valence-electron chi connectivity index (χ2n) is 2.14. The van der Waals surface area contributed by atoms with Gasteiger partial charge in [0.2, 0.25) is 0 Å². The van der Waals surface area contributed by atoms with Gasteiger partial charge in [-0.2, -0.15) is 0 Å². The summed E-state index contributed by atoms with van der Waals surface area (Å²) in [6, 6.07) is -0.444. The molecule has 0 aromatic heterocycles. The number of rotatable bonds is 1. The molecule has 0 saturated carbocycles. The van der Waals surface area contributed by atoms with Crippen LogP contribution in [0.4, 0.5) is 4.39 Å². The van der Waals surface area contributed by atoms with Crippen LogP contribution in [0.3, 0.4) is 0 Å². The topological polar surface area (TPSA) is 26.0 Å². The molecule has 0 fully saturated rings. The largest absolute Gasteiger partial charge is 0.322 e. The van der Waals surface area contributed by atoms with Crippen LogP contribution in [0.15, 0.2) is 11.4 Å². The summed E-state index contributed by atoms with van der Waals surface area (Å²) >= 11 is 0. The van der Waals surface area contributed by atoms with Crippen molar-refractivity contribution in [3.05, 3.63) is 11.4 Å². The molecule has 9 heavy (non-hydrogen) atoms. The first-order valence-corrected chi connectivity index (χ1v) is 2.64. The fraction of sp³-hybridized carbons (Fsp3) is 0.667. The van der Waals surface area contributed by atoms with Crippen molar-refractivity contribution < 1.29 is 4.39 Å². The maximum Gasteiger partial charge on any atom is 0.115 e. The fourth-order valence-corrected chi connectivity index (χ4v) is 0.455. The molecule has 0 rings (SSSR count). The van der Waals surface area contributed by atoms with E-state index in [1.165, 1.54) is 0 Å². The highest BCUT2D eigenvalue weighted by atomic mass is 35.5. The van der Waals surface area contributed by atoms with E-state index in [0.717, 1.165) is 0 Å². The average Bonchev–Trinajstić information content (AvgIpc) is 1.64. The van der Waals surface area contributed by atoms with E-state index >= 15 is 0 Å². The zero-order chi connectivity index (χ0) is 6.73. The Morgan fingerprint density at radius 3 is 1.78 bits per heavy atom. The van der Waals surface area contributed by atoms with Gasteiger partial charge in [-0.1, -0.05) is 0 Å². The number of nitrogens with two attached hydrogens (primary N) is 1. The number of allylic oxidation sites excluding steroid dienone is 1. The average molecular weight is 154 g/mol. The van der Waals surface area contributed by atoms with Gasteiger partial charge in [-0.3, -0.25) is 0 Å². The summed E-state index contributed by atoms with van der Waals surface area (Å²) in [7, 11) is 0. The summed E-state index contributed by atoms with van der Waals surface area (Å²) < 4.78 is 12.4. The summed E-state index contributed by atoms with van der Waals surface area (Å²) in [4.78, 5) is 0. The standard InChI is InChI=1S/C6H12FN.ClH/c1-4(2)6(7)5(3)8;/h5H,8H2,1-3H3;1H. The van der Waals surface area contributed by atoms with E-state index in [-0.39, 0.29) is 18.2 Å². The molecule has 3 heteroatoms. The summed E-state index contributed by atoms with van der Waals surface area (Å²) in [5.74, 6) is -0.204. The Labute approximate surface area is 61.5 Å². The Morgan fingerprint density at radius 1 is 1.44 bits per heavy atom. The highest BCUT2D eigenvalue weighted by Crippen LogP contribution is 2.06. The van der Waals surface area contributed by atoms with Gasteiger partial charge >= 0.3 is 0 Å². The van der Waals surface area contributed by atoms with E-state index < -0.39 is 6.04 Å². The van der Waals surface area contributed by atoms with Crippen LogP contribution in [-0.2, 0) is 0 Å². The minimum Gasteiger partial charge on any atom is -0.322 e. The molecule has 56 valence electrons. The van der Waals surface area contributed by atoms with E-state index in [0.29, 0.717) is 5.57 Å². The lowest BCUT2D eigenvalue weighted by atomic mass is 10.2. The van der Waals surface area contributed by atoms with Crippen molar-refractivity contribution in [2.45, 2.75) is 26.8 Å². The van der Waals surface area contributed by atoms with Gasteiger partial charge in [0.25, 0.3) is 0 Å². The quantitative estimate of drug-likeness (QED) is 0.613. The monoisotopic (exact) mass is 153 g/mol. The van der Waals surface area contributed by atoms with Crippen LogP contribution in [-0.4, -0.2) is 6.04 Å².